The molecule has 1 aliphatic carbocycles. The Kier molecular flexibility index (Phi) is 7.38. The Bertz CT molecular complexity index is 1130. The number of hydrogen-bond donors (Lipinski definition) is 2. The summed E-state index contributed by atoms with van der Waals surface area (Å²) in [7, 11) is 1.54. The van der Waals surface area contributed by atoms with Crippen molar-refractivity contribution in [3.63, 3.8) is 0 Å². The van der Waals surface area contributed by atoms with Crippen LogP contribution in [-0.4, -0.2) is 43.8 Å². The van der Waals surface area contributed by atoms with Crippen LogP contribution in [0.2, 0.25) is 0 Å². The number of allylic oxidation sites excluding steroid dienone is 3. The second kappa shape index (κ2) is 10.4. The zero-order valence-corrected chi connectivity index (χ0v) is 20.4. The number of carbonyl (C=O) groups is 2. The molecule has 2 aliphatic rings. The highest BCUT2D eigenvalue weighted by Crippen LogP contribution is 2.47. The lowest BCUT2D eigenvalue weighted by atomic mass is 9.72. The lowest BCUT2D eigenvalue weighted by molar-refractivity contribution is -0.140. The molecule has 0 unspecified atom stereocenters. The SMILES string of the molecule is CCOc1cc([C@H]2C(C(=O)OCCOC)=C(C)NC3=C2C(=O)C[C@@H](c2cccs2)C3)ccc1O. The normalized spacial score (nSPS) is 20.1. The number of methoxy groups -OCH3 is 1. The molecule has 2 heterocycles. The monoisotopic (exact) mass is 483 g/mol. The Balaban J connectivity index is 1.78. The molecule has 0 bridgehead atoms. The van der Waals surface area contributed by atoms with Gasteiger partial charge < -0.3 is 24.6 Å². The number of ether oxygens (including phenoxy) is 3. The third-order valence-electron chi connectivity index (χ3n) is 6.13. The molecule has 2 aromatic rings. The van der Waals surface area contributed by atoms with Crippen LogP contribution in [0.15, 0.2) is 58.3 Å². The van der Waals surface area contributed by atoms with E-state index in [4.69, 9.17) is 14.2 Å². The van der Waals surface area contributed by atoms with Gasteiger partial charge in [-0.1, -0.05) is 12.1 Å². The Morgan fingerprint density at radius 1 is 1.24 bits per heavy atom. The summed E-state index contributed by atoms with van der Waals surface area (Å²) >= 11 is 1.65. The van der Waals surface area contributed by atoms with E-state index in [2.05, 4.69) is 11.4 Å². The summed E-state index contributed by atoms with van der Waals surface area (Å²) in [6, 6.07) is 9.02. The molecule has 0 saturated heterocycles. The van der Waals surface area contributed by atoms with E-state index in [0.717, 1.165) is 5.70 Å². The van der Waals surface area contributed by atoms with Crippen LogP contribution in [0.25, 0.3) is 0 Å². The number of hydrogen-bond acceptors (Lipinski definition) is 8. The van der Waals surface area contributed by atoms with Crippen LogP contribution in [-0.2, 0) is 19.1 Å². The third kappa shape index (κ3) is 4.74. The number of aromatic hydroxyl groups is 1. The first kappa shape index (κ1) is 24.0. The molecule has 2 N–H and O–H groups in total. The maximum atomic E-state index is 13.6. The van der Waals surface area contributed by atoms with E-state index in [1.165, 1.54) is 18.1 Å². The number of dihydropyridines is 1. The van der Waals surface area contributed by atoms with Crippen LogP contribution in [0.4, 0.5) is 0 Å². The minimum absolute atomic E-state index is 0.00197. The molecule has 1 aromatic heterocycles. The van der Waals surface area contributed by atoms with E-state index < -0.39 is 11.9 Å². The molecule has 4 rings (SSSR count). The van der Waals surface area contributed by atoms with Gasteiger partial charge in [-0.25, -0.2) is 4.79 Å². The van der Waals surface area contributed by atoms with Gasteiger partial charge in [-0.2, -0.15) is 0 Å². The number of nitrogens with one attached hydrogen (secondary N) is 1. The molecule has 0 fully saturated rings. The van der Waals surface area contributed by atoms with Gasteiger partial charge in [0.05, 0.1) is 18.8 Å². The molecule has 2 atom stereocenters. The summed E-state index contributed by atoms with van der Waals surface area (Å²) in [4.78, 5) is 27.9. The van der Waals surface area contributed by atoms with Crippen molar-refractivity contribution in [2.24, 2.45) is 0 Å². The highest BCUT2D eigenvalue weighted by atomic mass is 32.1. The maximum absolute atomic E-state index is 13.6. The lowest BCUT2D eigenvalue weighted by Gasteiger charge is -2.36. The largest absolute Gasteiger partial charge is 0.504 e. The van der Waals surface area contributed by atoms with E-state index in [0.29, 0.717) is 47.6 Å². The quantitative estimate of drug-likeness (QED) is 0.424. The first-order chi connectivity index (χ1) is 16.4. The molecular formula is C26H29NO6S. The molecule has 1 aromatic carbocycles. The zero-order chi connectivity index (χ0) is 24.2. The lowest BCUT2D eigenvalue weighted by Crippen LogP contribution is -2.36. The fourth-order valence-electron chi connectivity index (χ4n) is 4.64. The van der Waals surface area contributed by atoms with Crippen molar-refractivity contribution in [3.05, 3.63) is 68.7 Å². The van der Waals surface area contributed by atoms with Gasteiger partial charge in [0.15, 0.2) is 17.3 Å². The van der Waals surface area contributed by atoms with E-state index >= 15 is 0 Å². The topological polar surface area (TPSA) is 94.1 Å². The van der Waals surface area contributed by atoms with Crippen LogP contribution in [0.5, 0.6) is 11.5 Å². The number of esters is 1. The highest BCUT2D eigenvalue weighted by Gasteiger charge is 2.41. The fraction of sp³-hybridized carbons (Fsp3) is 0.385. The number of ketones is 1. The van der Waals surface area contributed by atoms with E-state index in [1.807, 2.05) is 25.3 Å². The minimum atomic E-state index is -0.622. The molecule has 7 nitrogen and oxygen atoms in total. The summed E-state index contributed by atoms with van der Waals surface area (Å²) in [5, 5.41) is 15.6. The summed E-state index contributed by atoms with van der Waals surface area (Å²) in [6.45, 7) is 4.42. The molecule has 0 spiro atoms. The number of thiophene rings is 1. The number of carbonyl (C=O) groups excluding carboxylic acids is 2. The number of phenolic OH excluding ortho intramolecular Hbond substituents is 1. The van der Waals surface area contributed by atoms with Gasteiger partial charge in [0, 0.05) is 47.2 Å². The molecule has 0 saturated carbocycles. The van der Waals surface area contributed by atoms with Crippen molar-refractivity contribution in [1.29, 1.82) is 0 Å². The predicted molar refractivity (Wildman–Crippen MR) is 129 cm³/mol. The van der Waals surface area contributed by atoms with Gasteiger partial charge in [-0.05, 0) is 49.4 Å². The maximum Gasteiger partial charge on any atom is 0.336 e. The van der Waals surface area contributed by atoms with E-state index in [9.17, 15) is 14.7 Å². The zero-order valence-electron chi connectivity index (χ0n) is 19.6. The first-order valence-electron chi connectivity index (χ1n) is 11.3. The first-order valence-corrected chi connectivity index (χ1v) is 12.2. The van der Waals surface area contributed by atoms with Gasteiger partial charge in [-0.3, -0.25) is 4.79 Å². The number of rotatable bonds is 8. The number of phenols is 1. The van der Waals surface area contributed by atoms with Crippen LogP contribution in [0, 0.1) is 0 Å². The fourth-order valence-corrected chi connectivity index (χ4v) is 5.48. The van der Waals surface area contributed by atoms with Crippen molar-refractivity contribution in [2.45, 2.75) is 38.5 Å². The molecule has 180 valence electrons. The van der Waals surface area contributed by atoms with Crippen LogP contribution < -0.4 is 10.1 Å². The standard InChI is InChI=1S/C26H29NO6S/c1-4-32-21-14-16(7-8-19(21)28)24-23(26(30)33-10-9-31-3)15(2)27-18-12-17(13-20(29)25(18)24)22-6-5-11-34-22/h5-8,11,14,17,24,27-28H,4,9-10,12-13H2,1-3H3/t17-,24-/m0/s1. The summed E-state index contributed by atoms with van der Waals surface area (Å²) in [5.74, 6) is -0.712. The molecule has 8 heteroatoms. The Morgan fingerprint density at radius 2 is 2.06 bits per heavy atom. The van der Waals surface area contributed by atoms with Crippen LogP contribution >= 0.6 is 11.3 Å². The Hall–Kier alpha value is -3.10. The Labute approximate surface area is 203 Å². The smallest absolute Gasteiger partial charge is 0.336 e. The summed E-state index contributed by atoms with van der Waals surface area (Å²) in [5.41, 5.74) is 3.13. The summed E-state index contributed by atoms with van der Waals surface area (Å²) in [6.07, 6.45) is 1.05. The van der Waals surface area contributed by atoms with Gasteiger partial charge in [-0.15, -0.1) is 11.3 Å². The molecule has 0 radical (unpaired) electrons. The van der Waals surface area contributed by atoms with Crippen molar-refractivity contribution < 1.29 is 28.9 Å². The summed E-state index contributed by atoms with van der Waals surface area (Å²) < 4.78 is 16.1. The minimum Gasteiger partial charge on any atom is -0.504 e. The van der Waals surface area contributed by atoms with Gasteiger partial charge in [0.2, 0.25) is 0 Å². The third-order valence-corrected chi connectivity index (χ3v) is 7.17. The van der Waals surface area contributed by atoms with Crippen molar-refractivity contribution >= 4 is 23.1 Å². The molecule has 1 aliphatic heterocycles. The molecule has 34 heavy (non-hydrogen) atoms. The average Bonchev–Trinajstić information content (AvgIpc) is 3.35. The van der Waals surface area contributed by atoms with Crippen LogP contribution in [0.3, 0.4) is 0 Å². The van der Waals surface area contributed by atoms with E-state index in [-0.39, 0.29) is 30.7 Å². The van der Waals surface area contributed by atoms with Crippen molar-refractivity contribution in [3.8, 4) is 11.5 Å². The second-order valence-corrected chi connectivity index (χ2v) is 9.30. The Morgan fingerprint density at radius 3 is 2.76 bits per heavy atom. The van der Waals surface area contributed by atoms with Crippen LogP contribution in [0.1, 0.15) is 49.0 Å². The van der Waals surface area contributed by atoms with E-state index in [1.54, 1.807) is 23.5 Å². The second-order valence-electron chi connectivity index (χ2n) is 8.32. The highest BCUT2D eigenvalue weighted by molar-refractivity contribution is 7.10. The average molecular weight is 484 g/mol. The van der Waals surface area contributed by atoms with Crippen molar-refractivity contribution in [1.82, 2.24) is 5.32 Å². The van der Waals surface area contributed by atoms with Gasteiger partial charge >= 0.3 is 5.97 Å². The number of benzene rings is 1. The van der Waals surface area contributed by atoms with Crippen molar-refractivity contribution in [2.75, 3.05) is 26.9 Å². The molecular weight excluding hydrogens is 454 g/mol. The number of Topliss-reactive ketones (excluding diaryl/α,β-unsaturated/α-hetero) is 1. The van der Waals surface area contributed by atoms with Gasteiger partial charge in [0.25, 0.3) is 0 Å². The predicted octanol–water partition coefficient (Wildman–Crippen LogP) is 4.40. The van der Waals surface area contributed by atoms with Gasteiger partial charge in [0.1, 0.15) is 6.61 Å². The molecule has 0 amide bonds.